The van der Waals surface area contributed by atoms with Crippen LogP contribution < -0.4 is 0 Å². The molecule has 0 aromatic heterocycles. The van der Waals surface area contributed by atoms with Gasteiger partial charge in [0.1, 0.15) is 0 Å². The highest BCUT2D eigenvalue weighted by molar-refractivity contribution is 5.66. The summed E-state index contributed by atoms with van der Waals surface area (Å²) in [7, 11) is 1.72. The lowest BCUT2D eigenvalue weighted by molar-refractivity contribution is -0.138. The SMILES string of the molecule is CC/C=C\C[C@@H](/C=C/C=C\C/C=C\C=C\[C@@H](O)/C=C\CCCC(=O)O)OC.CC/C=C\C[C@H](O)/C=C/C=C\C/C=C\C/C=C\C=C\[C@@H](O)CCC(=O)O. The average molecular weight is 735 g/mol. The summed E-state index contributed by atoms with van der Waals surface area (Å²) in [6.07, 6.45) is 51.9. The van der Waals surface area contributed by atoms with Crippen molar-refractivity contribution in [2.75, 3.05) is 7.11 Å². The van der Waals surface area contributed by atoms with E-state index in [9.17, 15) is 24.9 Å². The maximum absolute atomic E-state index is 10.4. The number of ether oxygens (including phenoxy) is 1. The van der Waals surface area contributed by atoms with Crippen LogP contribution in [0.5, 0.6) is 0 Å². The van der Waals surface area contributed by atoms with Gasteiger partial charge in [-0.3, -0.25) is 9.59 Å². The Labute approximate surface area is 319 Å². The smallest absolute Gasteiger partial charge is 0.303 e. The van der Waals surface area contributed by atoms with Crippen molar-refractivity contribution in [1.29, 1.82) is 0 Å². The summed E-state index contributed by atoms with van der Waals surface area (Å²) in [6, 6.07) is 0. The summed E-state index contributed by atoms with van der Waals surface area (Å²) in [5.41, 5.74) is 0. The van der Waals surface area contributed by atoms with Gasteiger partial charge in [-0.2, -0.15) is 0 Å². The Bertz CT molecular complexity index is 1260. The van der Waals surface area contributed by atoms with Crippen molar-refractivity contribution < 1.29 is 39.9 Å². The van der Waals surface area contributed by atoms with Crippen LogP contribution in [0.2, 0.25) is 0 Å². The average Bonchev–Trinajstić information content (AvgIpc) is 3.13. The molecule has 0 amide bonds. The van der Waals surface area contributed by atoms with Crippen molar-refractivity contribution in [3.63, 3.8) is 0 Å². The molecule has 5 N–H and O–H groups in total. The number of carboxylic acid groups (broad SMARTS) is 2. The van der Waals surface area contributed by atoms with Crippen molar-refractivity contribution in [1.82, 2.24) is 0 Å². The summed E-state index contributed by atoms with van der Waals surface area (Å²) >= 11 is 0. The van der Waals surface area contributed by atoms with E-state index in [4.69, 9.17) is 14.9 Å². The molecule has 0 fully saturated rings. The first-order valence-corrected chi connectivity index (χ1v) is 18.6. The number of carboxylic acids is 2. The Morgan fingerprint density at radius 2 is 1.02 bits per heavy atom. The maximum atomic E-state index is 10.4. The van der Waals surface area contributed by atoms with Gasteiger partial charge in [0.05, 0.1) is 24.4 Å². The number of carbonyl (C=O) groups is 2. The van der Waals surface area contributed by atoms with Crippen LogP contribution in [0.15, 0.2) is 146 Å². The van der Waals surface area contributed by atoms with Crippen molar-refractivity contribution in [2.24, 2.45) is 0 Å². The molecule has 0 aromatic rings. The van der Waals surface area contributed by atoms with E-state index < -0.39 is 30.3 Å². The second kappa shape index (κ2) is 40.4. The number of hydrogen-bond donors (Lipinski definition) is 5. The predicted molar refractivity (Wildman–Crippen MR) is 221 cm³/mol. The number of aliphatic hydroxyl groups is 3. The highest BCUT2D eigenvalue weighted by Crippen LogP contribution is 2.03. The van der Waals surface area contributed by atoms with Gasteiger partial charge < -0.3 is 30.3 Å². The molecule has 0 unspecified atom stereocenters. The minimum absolute atomic E-state index is 0.0322. The topological polar surface area (TPSA) is 145 Å². The molecule has 0 rings (SSSR count). The van der Waals surface area contributed by atoms with Gasteiger partial charge in [0, 0.05) is 20.0 Å². The summed E-state index contributed by atoms with van der Waals surface area (Å²) in [6.45, 7) is 4.18. The third-order valence-electron chi connectivity index (χ3n) is 6.87. The lowest BCUT2D eigenvalue weighted by atomic mass is 10.2. The van der Waals surface area contributed by atoms with Crippen LogP contribution in [-0.2, 0) is 14.3 Å². The molecule has 8 nitrogen and oxygen atoms in total. The van der Waals surface area contributed by atoms with Gasteiger partial charge in [-0.15, -0.1) is 0 Å². The standard InChI is InChI=1S/C23H34O4.C22H32O4/c1-3-4-11-18-22(27-2)19-14-9-7-5-6-8-12-16-21(24)17-13-10-15-20-23(25)26;1-2-3-12-15-20(23)16-13-10-8-6-4-5-7-9-11-14-17-21(24)18-19-22(25)26/h4,6-9,11-14,16-17,19,21-22,24H,3,5,10,15,18,20H2,1-2H3,(H,25,26);3-5,8-14,16-17,20-21,23-24H,2,6-7,15,18-19H2,1H3,(H,25,26)/b8-6-,9-7-,11-4-,16-12+,17-13-,19-14+;5-4-,10-8-,11-9-,12-3-,16-13+,17-14+/t21-,22+;20-,21+/m10/s1. The number of methoxy groups -OCH3 is 1. The fourth-order valence-corrected chi connectivity index (χ4v) is 3.98. The molecule has 0 saturated carbocycles. The molecule has 0 saturated heterocycles. The third-order valence-corrected chi connectivity index (χ3v) is 6.87. The Hall–Kier alpha value is -4.34. The van der Waals surface area contributed by atoms with Gasteiger partial charge in [-0.05, 0) is 64.2 Å². The molecule has 0 bridgehead atoms. The number of aliphatic hydroxyl groups excluding tert-OH is 3. The molecule has 53 heavy (non-hydrogen) atoms. The van der Waals surface area contributed by atoms with Crippen LogP contribution in [0.25, 0.3) is 0 Å². The molecule has 0 heterocycles. The van der Waals surface area contributed by atoms with Gasteiger partial charge >= 0.3 is 11.9 Å². The highest BCUT2D eigenvalue weighted by atomic mass is 16.5. The largest absolute Gasteiger partial charge is 0.481 e. The van der Waals surface area contributed by atoms with Crippen LogP contribution in [0.1, 0.15) is 90.9 Å². The molecule has 0 spiro atoms. The van der Waals surface area contributed by atoms with E-state index in [1.54, 1.807) is 43.6 Å². The summed E-state index contributed by atoms with van der Waals surface area (Å²) < 4.78 is 5.38. The van der Waals surface area contributed by atoms with Crippen LogP contribution in [0.4, 0.5) is 0 Å². The number of aliphatic carboxylic acids is 2. The van der Waals surface area contributed by atoms with E-state index in [1.807, 2.05) is 91.1 Å². The second-order valence-corrected chi connectivity index (χ2v) is 11.7. The lowest BCUT2D eigenvalue weighted by Gasteiger charge is -2.06. The fraction of sp³-hybridized carbons (Fsp3) is 0.422. The molecule has 0 aliphatic rings. The molecular weight excluding hydrogens is 668 g/mol. The van der Waals surface area contributed by atoms with Crippen LogP contribution in [-0.4, -0.2) is 69.0 Å². The molecule has 8 heteroatoms. The minimum Gasteiger partial charge on any atom is -0.481 e. The predicted octanol–water partition coefficient (Wildman–Crippen LogP) is 9.64. The molecule has 0 aliphatic heterocycles. The van der Waals surface area contributed by atoms with E-state index in [0.717, 1.165) is 38.5 Å². The second-order valence-electron chi connectivity index (χ2n) is 11.7. The molecule has 0 aliphatic carbocycles. The van der Waals surface area contributed by atoms with Crippen molar-refractivity contribution in [3.05, 3.63) is 146 Å². The summed E-state index contributed by atoms with van der Waals surface area (Å²) in [5.74, 6) is -1.69. The van der Waals surface area contributed by atoms with Crippen molar-refractivity contribution >= 4 is 11.9 Å². The van der Waals surface area contributed by atoms with Gasteiger partial charge in [0.15, 0.2) is 0 Å². The zero-order chi connectivity index (χ0) is 39.6. The Kier molecular flexibility index (Phi) is 38.7. The Morgan fingerprint density at radius 3 is 1.55 bits per heavy atom. The number of unbranched alkanes of at least 4 members (excludes halogenated alkanes) is 1. The number of rotatable bonds is 29. The van der Waals surface area contributed by atoms with Gasteiger partial charge in [-0.1, -0.05) is 160 Å². The third kappa shape index (κ3) is 43.7. The number of hydrogen-bond acceptors (Lipinski definition) is 6. The molecular formula is C45H66O8. The first kappa shape index (κ1) is 50.8. The monoisotopic (exact) mass is 734 g/mol. The Morgan fingerprint density at radius 1 is 0.528 bits per heavy atom. The van der Waals surface area contributed by atoms with E-state index in [0.29, 0.717) is 19.3 Å². The zero-order valence-corrected chi connectivity index (χ0v) is 32.1. The first-order chi connectivity index (χ1) is 25.7. The molecule has 294 valence electrons. The van der Waals surface area contributed by atoms with E-state index in [-0.39, 0.29) is 25.4 Å². The molecule has 0 radical (unpaired) electrons. The first-order valence-electron chi connectivity index (χ1n) is 18.6. The van der Waals surface area contributed by atoms with E-state index in [1.165, 1.54) is 0 Å². The van der Waals surface area contributed by atoms with E-state index >= 15 is 0 Å². The summed E-state index contributed by atoms with van der Waals surface area (Å²) in [5, 5.41) is 45.9. The van der Waals surface area contributed by atoms with Crippen LogP contribution >= 0.6 is 0 Å². The number of allylic oxidation sites excluding steroid dienone is 17. The van der Waals surface area contributed by atoms with Gasteiger partial charge in [-0.25, -0.2) is 0 Å². The normalized spacial score (nSPS) is 15.4. The van der Waals surface area contributed by atoms with Gasteiger partial charge in [0.25, 0.3) is 0 Å². The maximum Gasteiger partial charge on any atom is 0.303 e. The van der Waals surface area contributed by atoms with Gasteiger partial charge in [0.2, 0.25) is 0 Å². The van der Waals surface area contributed by atoms with Crippen molar-refractivity contribution in [2.45, 2.75) is 115 Å². The van der Waals surface area contributed by atoms with Crippen molar-refractivity contribution in [3.8, 4) is 0 Å². The fourth-order valence-electron chi connectivity index (χ4n) is 3.98. The quantitative estimate of drug-likeness (QED) is 0.0290. The summed E-state index contributed by atoms with van der Waals surface area (Å²) in [4.78, 5) is 20.7. The lowest BCUT2D eigenvalue weighted by Crippen LogP contribution is -2.05. The minimum atomic E-state index is -0.900. The van der Waals surface area contributed by atoms with Crippen LogP contribution in [0.3, 0.4) is 0 Å². The highest BCUT2D eigenvalue weighted by Gasteiger charge is 2.02. The zero-order valence-electron chi connectivity index (χ0n) is 32.1. The molecule has 4 atom stereocenters. The molecule has 0 aromatic carbocycles. The van der Waals surface area contributed by atoms with Crippen LogP contribution in [0, 0.1) is 0 Å². The van der Waals surface area contributed by atoms with E-state index in [2.05, 4.69) is 32.1 Å². The Balaban J connectivity index is 0.